The zero-order chi connectivity index (χ0) is 12.7. The van der Waals surface area contributed by atoms with Crippen LogP contribution in [0.15, 0.2) is 29.3 Å². The maximum atomic E-state index is 6.03. The lowest BCUT2D eigenvalue weighted by atomic mass is 10.2. The number of aliphatic imine (C=N–C) groups is 1. The molecule has 0 saturated heterocycles. The first-order valence-corrected chi connectivity index (χ1v) is 6.68. The van der Waals surface area contributed by atoms with Gasteiger partial charge in [0, 0.05) is 5.92 Å². The third kappa shape index (κ3) is 2.43. The number of hydrogen-bond donors (Lipinski definition) is 2. The Kier molecular flexibility index (Phi) is 3.78. The normalized spacial score (nSPS) is 12.7. The standard InChI is InChI=1S/C13H14N4S.ClH/c1-7(2)12-17-10-11(14)15-8-5-3-4-6-9(8)16-13(10)18-12;/h3-7,16H,1-2H3,(H2,14,15);1H. The molecule has 2 heterocycles. The fourth-order valence-electron chi connectivity index (χ4n) is 1.82. The molecule has 0 aliphatic carbocycles. The van der Waals surface area contributed by atoms with Gasteiger partial charge in [-0.15, -0.1) is 23.7 Å². The van der Waals surface area contributed by atoms with Crippen LogP contribution in [0, 0.1) is 0 Å². The number of nitrogens with zero attached hydrogens (tertiary/aromatic N) is 2. The van der Waals surface area contributed by atoms with Crippen molar-refractivity contribution in [2.75, 3.05) is 5.32 Å². The molecule has 2 aromatic rings. The van der Waals surface area contributed by atoms with E-state index in [1.165, 1.54) is 0 Å². The van der Waals surface area contributed by atoms with Crippen LogP contribution < -0.4 is 11.1 Å². The molecule has 19 heavy (non-hydrogen) atoms. The van der Waals surface area contributed by atoms with E-state index < -0.39 is 0 Å². The van der Waals surface area contributed by atoms with E-state index in [0.717, 1.165) is 27.1 Å². The van der Waals surface area contributed by atoms with Crippen LogP contribution in [-0.4, -0.2) is 10.8 Å². The molecule has 3 N–H and O–H groups in total. The average Bonchev–Trinajstić information content (AvgIpc) is 2.71. The monoisotopic (exact) mass is 294 g/mol. The van der Waals surface area contributed by atoms with Gasteiger partial charge in [-0.3, -0.25) is 0 Å². The van der Waals surface area contributed by atoms with Crippen LogP contribution in [-0.2, 0) is 0 Å². The molecule has 0 radical (unpaired) electrons. The van der Waals surface area contributed by atoms with E-state index in [9.17, 15) is 0 Å². The molecule has 4 nitrogen and oxygen atoms in total. The molecule has 0 bridgehead atoms. The minimum absolute atomic E-state index is 0. The van der Waals surface area contributed by atoms with Crippen LogP contribution in [0.2, 0.25) is 0 Å². The van der Waals surface area contributed by atoms with Gasteiger partial charge in [0.25, 0.3) is 0 Å². The maximum absolute atomic E-state index is 6.03. The second-order valence-corrected chi connectivity index (χ2v) is 5.55. The fourth-order valence-corrected chi connectivity index (χ4v) is 2.81. The summed E-state index contributed by atoms with van der Waals surface area (Å²) in [6.45, 7) is 4.25. The Morgan fingerprint density at radius 1 is 1.26 bits per heavy atom. The van der Waals surface area contributed by atoms with Gasteiger partial charge in [0.15, 0.2) is 5.84 Å². The van der Waals surface area contributed by atoms with Gasteiger partial charge in [0.05, 0.1) is 16.4 Å². The van der Waals surface area contributed by atoms with Gasteiger partial charge in [-0.2, -0.15) is 0 Å². The summed E-state index contributed by atoms with van der Waals surface area (Å²) in [5.41, 5.74) is 8.62. The lowest BCUT2D eigenvalue weighted by Gasteiger charge is -2.04. The van der Waals surface area contributed by atoms with Crippen LogP contribution >= 0.6 is 23.7 Å². The first-order chi connectivity index (χ1) is 8.65. The van der Waals surface area contributed by atoms with Crippen molar-refractivity contribution in [1.82, 2.24) is 4.98 Å². The summed E-state index contributed by atoms with van der Waals surface area (Å²) in [4.78, 5) is 9.00. The molecular weight excluding hydrogens is 280 g/mol. The van der Waals surface area contributed by atoms with Crippen molar-refractivity contribution in [3.63, 3.8) is 0 Å². The number of benzene rings is 1. The SMILES string of the molecule is CC(C)c1nc2c(s1)Nc1ccccc1N=C2N.Cl. The second-order valence-electron chi connectivity index (χ2n) is 4.52. The molecule has 0 unspecified atom stereocenters. The van der Waals surface area contributed by atoms with E-state index in [0.29, 0.717) is 11.8 Å². The number of hydrogen-bond acceptors (Lipinski definition) is 5. The van der Waals surface area contributed by atoms with E-state index in [4.69, 9.17) is 5.73 Å². The number of para-hydroxylation sites is 2. The Labute approximate surface area is 122 Å². The largest absolute Gasteiger partial charge is 0.382 e. The molecule has 0 saturated carbocycles. The van der Waals surface area contributed by atoms with Gasteiger partial charge >= 0.3 is 0 Å². The zero-order valence-electron chi connectivity index (χ0n) is 10.7. The minimum Gasteiger partial charge on any atom is -0.382 e. The first-order valence-electron chi connectivity index (χ1n) is 5.86. The van der Waals surface area contributed by atoms with Crippen LogP contribution in [0.4, 0.5) is 16.4 Å². The average molecular weight is 295 g/mol. The van der Waals surface area contributed by atoms with Crippen LogP contribution in [0.3, 0.4) is 0 Å². The van der Waals surface area contributed by atoms with E-state index in [2.05, 4.69) is 29.1 Å². The van der Waals surface area contributed by atoms with Crippen LogP contribution in [0.25, 0.3) is 0 Å². The summed E-state index contributed by atoms with van der Waals surface area (Å²) in [5, 5.41) is 5.42. The number of halogens is 1. The highest BCUT2D eigenvalue weighted by Crippen LogP contribution is 2.37. The molecule has 6 heteroatoms. The Bertz CT molecular complexity index is 633. The Morgan fingerprint density at radius 3 is 2.74 bits per heavy atom. The van der Waals surface area contributed by atoms with Crippen molar-refractivity contribution in [3.8, 4) is 0 Å². The predicted molar refractivity (Wildman–Crippen MR) is 83.6 cm³/mol. The molecule has 1 aromatic carbocycles. The summed E-state index contributed by atoms with van der Waals surface area (Å²) in [6.07, 6.45) is 0. The molecule has 1 aliphatic rings. The number of fused-ring (bicyclic) bond motifs is 2. The topological polar surface area (TPSA) is 63.3 Å². The zero-order valence-corrected chi connectivity index (χ0v) is 12.3. The fraction of sp³-hybridized carbons (Fsp3) is 0.231. The van der Waals surface area contributed by atoms with Gasteiger partial charge in [-0.05, 0) is 12.1 Å². The number of amidine groups is 1. The number of aromatic nitrogens is 1. The van der Waals surface area contributed by atoms with Crippen molar-refractivity contribution >= 4 is 46.0 Å². The molecule has 100 valence electrons. The van der Waals surface area contributed by atoms with E-state index >= 15 is 0 Å². The van der Waals surface area contributed by atoms with Gasteiger partial charge in [0.1, 0.15) is 10.7 Å². The van der Waals surface area contributed by atoms with Gasteiger partial charge in [0.2, 0.25) is 0 Å². The highest BCUT2D eigenvalue weighted by molar-refractivity contribution is 7.16. The molecule has 3 rings (SSSR count). The highest BCUT2D eigenvalue weighted by Gasteiger charge is 2.20. The lowest BCUT2D eigenvalue weighted by molar-refractivity contribution is 0.851. The molecule has 1 aliphatic heterocycles. The lowest BCUT2D eigenvalue weighted by Crippen LogP contribution is -2.13. The van der Waals surface area contributed by atoms with Crippen molar-refractivity contribution < 1.29 is 0 Å². The molecule has 0 spiro atoms. The molecule has 1 aromatic heterocycles. The van der Waals surface area contributed by atoms with Crippen LogP contribution in [0.5, 0.6) is 0 Å². The van der Waals surface area contributed by atoms with Crippen molar-refractivity contribution in [2.24, 2.45) is 10.7 Å². The van der Waals surface area contributed by atoms with Gasteiger partial charge in [-0.1, -0.05) is 26.0 Å². The smallest absolute Gasteiger partial charge is 0.153 e. The summed E-state index contributed by atoms with van der Waals surface area (Å²) in [6, 6.07) is 7.86. The number of nitrogens with two attached hydrogens (primary N) is 1. The maximum Gasteiger partial charge on any atom is 0.153 e. The van der Waals surface area contributed by atoms with Crippen molar-refractivity contribution in [3.05, 3.63) is 35.0 Å². The molecule has 0 atom stereocenters. The molecule has 0 fully saturated rings. The van der Waals surface area contributed by atoms with Crippen molar-refractivity contribution in [1.29, 1.82) is 0 Å². The second kappa shape index (κ2) is 5.19. The number of thiazole rings is 1. The first kappa shape index (κ1) is 13.8. The van der Waals surface area contributed by atoms with Crippen LogP contribution in [0.1, 0.15) is 30.5 Å². The Hall–Kier alpha value is -1.59. The highest BCUT2D eigenvalue weighted by atomic mass is 35.5. The third-order valence-electron chi connectivity index (χ3n) is 2.77. The van der Waals surface area contributed by atoms with E-state index in [-0.39, 0.29) is 12.4 Å². The third-order valence-corrected chi connectivity index (χ3v) is 4.04. The number of anilines is 2. The summed E-state index contributed by atoms with van der Waals surface area (Å²) >= 11 is 1.64. The summed E-state index contributed by atoms with van der Waals surface area (Å²) < 4.78 is 0. The Morgan fingerprint density at radius 2 is 2.00 bits per heavy atom. The summed E-state index contributed by atoms with van der Waals surface area (Å²) in [7, 11) is 0. The molecular formula is C13H15ClN4S. The van der Waals surface area contributed by atoms with Crippen molar-refractivity contribution in [2.45, 2.75) is 19.8 Å². The quantitative estimate of drug-likeness (QED) is 0.841. The number of rotatable bonds is 1. The van der Waals surface area contributed by atoms with Gasteiger partial charge in [-0.25, -0.2) is 9.98 Å². The van der Waals surface area contributed by atoms with E-state index in [1.54, 1.807) is 11.3 Å². The Balaban J connectivity index is 0.00000133. The van der Waals surface area contributed by atoms with Gasteiger partial charge < -0.3 is 11.1 Å². The number of nitrogens with one attached hydrogen (secondary N) is 1. The molecule has 0 amide bonds. The minimum atomic E-state index is 0. The predicted octanol–water partition coefficient (Wildman–Crippen LogP) is 3.78. The summed E-state index contributed by atoms with van der Waals surface area (Å²) in [5.74, 6) is 0.873. The van der Waals surface area contributed by atoms with E-state index in [1.807, 2.05) is 24.3 Å².